The van der Waals surface area contributed by atoms with Crippen LogP contribution in [0, 0.1) is 0 Å². The summed E-state index contributed by atoms with van der Waals surface area (Å²) >= 11 is 0. The summed E-state index contributed by atoms with van der Waals surface area (Å²) in [6, 6.07) is 75.9. The van der Waals surface area contributed by atoms with Crippen LogP contribution in [0.15, 0.2) is 212 Å². The highest BCUT2D eigenvalue weighted by atomic mass is 15.2. The van der Waals surface area contributed by atoms with Gasteiger partial charge in [-0.2, -0.15) is 0 Å². The Hall–Kier alpha value is -8.68. The molecule has 0 N–H and O–H groups in total. The number of aromatic nitrogens is 7. The molecule has 9 aromatic carbocycles. The third kappa shape index (κ3) is 4.78. The van der Waals surface area contributed by atoms with Gasteiger partial charge in [-0.25, -0.2) is 9.97 Å². The van der Waals surface area contributed by atoms with Crippen LogP contribution in [0.25, 0.3) is 117 Å². The quantitative estimate of drug-likeness (QED) is 0.174. The van der Waals surface area contributed by atoms with Crippen LogP contribution in [0.5, 0.6) is 0 Å². The zero-order chi connectivity index (χ0) is 41.2. The third-order valence-electron chi connectivity index (χ3n) is 12.9. The van der Waals surface area contributed by atoms with Crippen LogP contribution in [0.1, 0.15) is 0 Å². The molecule has 5 aromatic heterocycles. The first-order valence-electron chi connectivity index (χ1n) is 21.3. The van der Waals surface area contributed by atoms with E-state index in [1.807, 2.05) is 0 Å². The predicted octanol–water partition coefficient (Wildman–Crippen LogP) is 13.6. The van der Waals surface area contributed by atoms with Crippen molar-refractivity contribution in [3.63, 3.8) is 0 Å². The molecule has 0 radical (unpaired) electrons. The molecule has 0 atom stereocenters. The lowest BCUT2D eigenvalue weighted by Gasteiger charge is -2.13. The van der Waals surface area contributed by atoms with Crippen molar-refractivity contribution >= 4 is 77.5 Å². The first-order chi connectivity index (χ1) is 31.3. The molecule has 0 aliphatic carbocycles. The molecule has 0 spiro atoms. The molecular weight excluding hydrogens is 771 g/mol. The molecule has 0 saturated carbocycles. The van der Waals surface area contributed by atoms with Crippen LogP contribution in [-0.2, 0) is 0 Å². The molecule has 14 aromatic rings. The Labute approximate surface area is 360 Å². The summed E-state index contributed by atoms with van der Waals surface area (Å²) in [4.78, 5) is 10.6. The summed E-state index contributed by atoms with van der Waals surface area (Å²) in [5.41, 5.74) is 18.6. The SMILES string of the molecule is c1ccc(-c2cccc3c2n2c4ccccc4nc2n3-c2cccc(-n3c4ccccc4c4ccc(-n5c6cccc(-c7ccccc7)c6n6c7ccccc7nc56)cc43)c2)cc1. The topological polar surface area (TPSA) is 49.4 Å². The zero-order valence-electron chi connectivity index (χ0n) is 33.8. The summed E-state index contributed by atoms with van der Waals surface area (Å²) < 4.78 is 11.7. The van der Waals surface area contributed by atoms with Crippen molar-refractivity contribution in [1.82, 2.24) is 32.5 Å². The van der Waals surface area contributed by atoms with E-state index in [0.717, 1.165) is 83.8 Å². The lowest BCUT2D eigenvalue weighted by atomic mass is 10.0. The van der Waals surface area contributed by atoms with E-state index < -0.39 is 0 Å². The van der Waals surface area contributed by atoms with Crippen LogP contribution in [0.3, 0.4) is 0 Å². The van der Waals surface area contributed by atoms with Gasteiger partial charge < -0.3 is 4.57 Å². The highest BCUT2D eigenvalue weighted by molar-refractivity contribution is 6.10. The zero-order valence-corrected chi connectivity index (χ0v) is 33.8. The molecule has 14 rings (SSSR count). The van der Waals surface area contributed by atoms with E-state index in [-0.39, 0.29) is 0 Å². The maximum Gasteiger partial charge on any atom is 0.220 e. The third-order valence-corrected chi connectivity index (χ3v) is 12.9. The molecule has 0 fully saturated rings. The lowest BCUT2D eigenvalue weighted by Crippen LogP contribution is -2.00. The Morgan fingerprint density at radius 1 is 0.286 bits per heavy atom. The first-order valence-corrected chi connectivity index (χ1v) is 21.3. The molecule has 0 bridgehead atoms. The Kier molecular flexibility index (Phi) is 6.98. The van der Waals surface area contributed by atoms with Gasteiger partial charge in [0.15, 0.2) is 0 Å². The van der Waals surface area contributed by atoms with Crippen molar-refractivity contribution in [2.24, 2.45) is 0 Å². The summed E-state index contributed by atoms with van der Waals surface area (Å²) in [5, 5.41) is 2.39. The number of nitrogens with zero attached hydrogens (tertiary/aromatic N) is 7. The maximum absolute atomic E-state index is 5.31. The standard InChI is InChI=1S/C56H35N7/c1-3-16-36(17-4-1)41-23-14-30-50-53(41)62-48-28-11-8-25-45(48)57-55(62)60(50)39-21-13-20-38(34-39)59-47-27-10-7-22-43(47)44-33-32-40(35-52(44)59)61-51-31-15-24-42(37-18-5-2-6-19-37)54(51)63-49-29-12-9-26-46(49)58-56(61)63/h1-35H. The molecule has 0 aliphatic rings. The fourth-order valence-electron chi connectivity index (χ4n) is 10.2. The Balaban J connectivity index is 1.03. The van der Waals surface area contributed by atoms with Gasteiger partial charge in [-0.15, -0.1) is 0 Å². The van der Waals surface area contributed by atoms with Crippen molar-refractivity contribution < 1.29 is 0 Å². The molecule has 63 heavy (non-hydrogen) atoms. The van der Waals surface area contributed by atoms with Crippen LogP contribution in [-0.4, -0.2) is 32.5 Å². The maximum atomic E-state index is 5.31. The normalized spacial score (nSPS) is 12.1. The smallest absolute Gasteiger partial charge is 0.220 e. The fraction of sp³-hybridized carbons (Fsp3) is 0. The van der Waals surface area contributed by atoms with E-state index >= 15 is 0 Å². The van der Waals surface area contributed by atoms with Crippen molar-refractivity contribution in [1.29, 1.82) is 0 Å². The van der Waals surface area contributed by atoms with Crippen molar-refractivity contribution in [3.05, 3.63) is 212 Å². The highest BCUT2D eigenvalue weighted by Gasteiger charge is 2.23. The van der Waals surface area contributed by atoms with Crippen LogP contribution in [0.4, 0.5) is 0 Å². The van der Waals surface area contributed by atoms with Crippen LogP contribution >= 0.6 is 0 Å². The van der Waals surface area contributed by atoms with Crippen molar-refractivity contribution in [2.45, 2.75) is 0 Å². The van der Waals surface area contributed by atoms with Gasteiger partial charge >= 0.3 is 0 Å². The second kappa shape index (κ2) is 12.9. The fourth-order valence-corrected chi connectivity index (χ4v) is 10.2. The number of rotatable bonds is 5. The second-order valence-electron chi connectivity index (χ2n) is 16.3. The first kappa shape index (κ1) is 34.1. The molecule has 7 nitrogen and oxygen atoms in total. The molecule has 294 valence electrons. The molecule has 5 heterocycles. The molecular formula is C56H35N7. The minimum atomic E-state index is 0.877. The van der Waals surface area contributed by atoms with Crippen molar-refractivity contribution in [2.75, 3.05) is 0 Å². The number of imidazole rings is 4. The van der Waals surface area contributed by atoms with Gasteiger partial charge in [0, 0.05) is 27.6 Å². The van der Waals surface area contributed by atoms with E-state index in [4.69, 9.17) is 9.97 Å². The average molecular weight is 806 g/mol. The largest absolute Gasteiger partial charge is 0.309 e. The van der Waals surface area contributed by atoms with Gasteiger partial charge in [-0.3, -0.25) is 17.9 Å². The molecule has 0 saturated heterocycles. The van der Waals surface area contributed by atoms with E-state index in [2.05, 4.69) is 235 Å². The van der Waals surface area contributed by atoms with Crippen molar-refractivity contribution in [3.8, 4) is 39.3 Å². The number of fused-ring (bicyclic) bond motifs is 13. The summed E-state index contributed by atoms with van der Waals surface area (Å²) in [7, 11) is 0. The van der Waals surface area contributed by atoms with E-state index in [1.165, 1.54) is 33.0 Å². The Morgan fingerprint density at radius 3 is 1.32 bits per heavy atom. The summed E-state index contributed by atoms with van der Waals surface area (Å²) in [5.74, 6) is 1.76. The molecule has 7 heteroatoms. The highest BCUT2D eigenvalue weighted by Crippen LogP contribution is 2.40. The minimum absolute atomic E-state index is 0.877. The van der Waals surface area contributed by atoms with Gasteiger partial charge in [-0.05, 0) is 83.9 Å². The van der Waals surface area contributed by atoms with Gasteiger partial charge in [0.25, 0.3) is 0 Å². The second-order valence-corrected chi connectivity index (χ2v) is 16.3. The minimum Gasteiger partial charge on any atom is -0.309 e. The number of para-hydroxylation sites is 7. The molecule has 0 amide bonds. The summed E-state index contributed by atoms with van der Waals surface area (Å²) in [6.45, 7) is 0. The molecule has 0 aliphatic heterocycles. The van der Waals surface area contributed by atoms with Crippen LogP contribution < -0.4 is 0 Å². The monoisotopic (exact) mass is 805 g/mol. The van der Waals surface area contributed by atoms with Crippen LogP contribution in [0.2, 0.25) is 0 Å². The average Bonchev–Trinajstić information content (AvgIpc) is 4.14. The lowest BCUT2D eigenvalue weighted by molar-refractivity contribution is 1.09. The Bertz CT molecular complexity index is 4140. The Morgan fingerprint density at radius 2 is 0.730 bits per heavy atom. The van der Waals surface area contributed by atoms with Gasteiger partial charge in [-0.1, -0.05) is 140 Å². The van der Waals surface area contributed by atoms with Gasteiger partial charge in [0.2, 0.25) is 11.6 Å². The van der Waals surface area contributed by atoms with E-state index in [1.54, 1.807) is 0 Å². The van der Waals surface area contributed by atoms with Gasteiger partial charge in [0.1, 0.15) is 0 Å². The summed E-state index contributed by atoms with van der Waals surface area (Å²) in [6.07, 6.45) is 0. The number of hydrogen-bond donors (Lipinski definition) is 0. The number of benzene rings is 9. The van der Waals surface area contributed by atoms with Gasteiger partial charge in [0.05, 0.1) is 66.5 Å². The molecule has 0 unspecified atom stereocenters. The predicted molar refractivity (Wildman–Crippen MR) is 258 cm³/mol. The van der Waals surface area contributed by atoms with E-state index in [9.17, 15) is 0 Å². The van der Waals surface area contributed by atoms with E-state index in [0.29, 0.717) is 0 Å². The number of hydrogen-bond acceptors (Lipinski definition) is 2.